The second-order valence-electron chi connectivity index (χ2n) is 8.03. The Kier molecular flexibility index (Phi) is 4.90. The van der Waals surface area contributed by atoms with Crippen LogP contribution >= 0.6 is 0 Å². The number of hydrogen-bond acceptors (Lipinski definition) is 3. The zero-order valence-corrected chi connectivity index (χ0v) is 16.4. The number of carbonyl (C=O) groups is 1. The molecule has 2 heterocycles. The predicted molar refractivity (Wildman–Crippen MR) is 110 cm³/mol. The lowest BCUT2D eigenvalue weighted by atomic mass is 10.0. The highest BCUT2D eigenvalue weighted by Gasteiger charge is 2.40. The molecule has 5 nitrogen and oxygen atoms in total. The molecule has 148 valence electrons. The van der Waals surface area contributed by atoms with Gasteiger partial charge in [-0.05, 0) is 29.9 Å². The molecule has 1 aliphatic carbocycles. The Hall–Kier alpha value is -2.92. The van der Waals surface area contributed by atoms with Gasteiger partial charge in [0.05, 0.1) is 31.0 Å². The molecule has 0 unspecified atom stereocenters. The normalized spacial score (nSPS) is 21.9. The van der Waals surface area contributed by atoms with Crippen LogP contribution in [-0.2, 0) is 11.3 Å². The highest BCUT2D eigenvalue weighted by molar-refractivity contribution is 5.93. The lowest BCUT2D eigenvalue weighted by molar-refractivity contribution is -0.0864. The van der Waals surface area contributed by atoms with E-state index < -0.39 is 0 Å². The molecule has 1 amide bonds. The number of morpholine rings is 1. The van der Waals surface area contributed by atoms with E-state index in [-0.39, 0.29) is 18.1 Å². The molecule has 29 heavy (non-hydrogen) atoms. The molecule has 1 saturated heterocycles. The predicted octanol–water partition coefficient (Wildman–Crippen LogP) is 3.92. The van der Waals surface area contributed by atoms with Crippen molar-refractivity contribution in [2.75, 3.05) is 13.1 Å². The molecule has 1 aliphatic heterocycles. The Labute approximate surface area is 170 Å². The van der Waals surface area contributed by atoms with Gasteiger partial charge in [-0.1, -0.05) is 60.7 Å². The first-order chi connectivity index (χ1) is 14.3. The SMILES string of the molecule is O=C(c1cnn(Cc2ccccc2)c1)N1C[C@@H](c2ccccc2)O[C@@H](C2CC2)C1. The monoisotopic (exact) mass is 387 g/mol. The zero-order valence-electron chi connectivity index (χ0n) is 16.4. The fourth-order valence-electron chi connectivity index (χ4n) is 4.05. The molecule has 1 saturated carbocycles. The van der Waals surface area contributed by atoms with E-state index in [0.717, 1.165) is 5.56 Å². The number of hydrogen-bond donors (Lipinski definition) is 0. The topological polar surface area (TPSA) is 47.4 Å². The second kappa shape index (κ2) is 7.84. The molecule has 5 rings (SSSR count). The fraction of sp³-hybridized carbons (Fsp3) is 0.333. The van der Waals surface area contributed by atoms with Crippen molar-refractivity contribution in [3.8, 4) is 0 Å². The van der Waals surface area contributed by atoms with Gasteiger partial charge in [0.1, 0.15) is 6.10 Å². The molecule has 2 fully saturated rings. The summed E-state index contributed by atoms with van der Waals surface area (Å²) >= 11 is 0. The molecule has 0 radical (unpaired) electrons. The van der Waals surface area contributed by atoms with Gasteiger partial charge in [0.15, 0.2) is 0 Å². The van der Waals surface area contributed by atoms with Crippen molar-refractivity contribution in [1.29, 1.82) is 0 Å². The minimum absolute atomic E-state index is 0.0409. The molecule has 2 atom stereocenters. The van der Waals surface area contributed by atoms with Crippen LogP contribution in [0.15, 0.2) is 73.1 Å². The average Bonchev–Trinajstić information content (AvgIpc) is 3.53. The average molecular weight is 387 g/mol. The van der Waals surface area contributed by atoms with Crippen molar-refractivity contribution >= 4 is 5.91 Å². The Balaban J connectivity index is 1.33. The zero-order chi connectivity index (χ0) is 19.6. The molecule has 0 spiro atoms. The van der Waals surface area contributed by atoms with E-state index in [1.165, 1.54) is 18.4 Å². The molecular formula is C24H25N3O2. The number of rotatable bonds is 5. The Bertz CT molecular complexity index is 966. The van der Waals surface area contributed by atoms with Gasteiger partial charge in [0.25, 0.3) is 5.91 Å². The quantitative estimate of drug-likeness (QED) is 0.667. The van der Waals surface area contributed by atoms with Gasteiger partial charge < -0.3 is 9.64 Å². The second-order valence-corrected chi connectivity index (χ2v) is 8.03. The van der Waals surface area contributed by atoms with Gasteiger partial charge in [0, 0.05) is 12.7 Å². The maximum atomic E-state index is 13.2. The van der Waals surface area contributed by atoms with Crippen molar-refractivity contribution in [2.45, 2.75) is 31.6 Å². The van der Waals surface area contributed by atoms with Crippen LogP contribution in [0.1, 0.15) is 40.4 Å². The Morgan fingerprint density at radius 1 is 1.00 bits per heavy atom. The molecule has 0 bridgehead atoms. The minimum atomic E-state index is -0.0705. The van der Waals surface area contributed by atoms with Crippen molar-refractivity contribution in [1.82, 2.24) is 14.7 Å². The first-order valence-corrected chi connectivity index (χ1v) is 10.3. The smallest absolute Gasteiger partial charge is 0.257 e. The Morgan fingerprint density at radius 2 is 1.72 bits per heavy atom. The maximum absolute atomic E-state index is 13.2. The summed E-state index contributed by atoms with van der Waals surface area (Å²) < 4.78 is 8.21. The summed E-state index contributed by atoms with van der Waals surface area (Å²) in [5.74, 6) is 0.622. The lowest BCUT2D eigenvalue weighted by Gasteiger charge is -2.38. The van der Waals surface area contributed by atoms with Crippen LogP contribution in [0, 0.1) is 5.92 Å². The van der Waals surface area contributed by atoms with Crippen molar-refractivity contribution in [3.63, 3.8) is 0 Å². The first kappa shape index (κ1) is 18.1. The number of aromatic nitrogens is 2. The number of carbonyl (C=O) groups excluding carboxylic acids is 1. The summed E-state index contributed by atoms with van der Waals surface area (Å²) in [5, 5.41) is 4.41. The van der Waals surface area contributed by atoms with Gasteiger partial charge in [-0.15, -0.1) is 0 Å². The molecule has 3 aromatic rings. The van der Waals surface area contributed by atoms with E-state index in [1.54, 1.807) is 6.20 Å². The van der Waals surface area contributed by atoms with E-state index in [4.69, 9.17) is 4.74 Å². The van der Waals surface area contributed by atoms with E-state index in [0.29, 0.717) is 31.1 Å². The third-order valence-electron chi connectivity index (χ3n) is 5.80. The van der Waals surface area contributed by atoms with Gasteiger partial charge >= 0.3 is 0 Å². The van der Waals surface area contributed by atoms with E-state index >= 15 is 0 Å². The standard InChI is InChI=1S/C24H25N3O2/c28-24(21-13-25-27(15-21)14-18-7-3-1-4-8-18)26-16-22(19-9-5-2-6-10-19)29-23(17-26)20-11-12-20/h1-10,13,15,20,22-23H,11-12,14,16-17H2/t22-,23+/m0/s1. The third kappa shape index (κ3) is 4.10. The third-order valence-corrected chi connectivity index (χ3v) is 5.80. The van der Waals surface area contributed by atoms with Crippen molar-refractivity contribution in [2.24, 2.45) is 5.92 Å². The molecule has 5 heteroatoms. The van der Waals surface area contributed by atoms with Crippen molar-refractivity contribution in [3.05, 3.63) is 89.7 Å². The largest absolute Gasteiger partial charge is 0.366 e. The van der Waals surface area contributed by atoms with Crippen molar-refractivity contribution < 1.29 is 9.53 Å². The maximum Gasteiger partial charge on any atom is 0.257 e. The number of benzene rings is 2. The van der Waals surface area contributed by atoms with E-state index in [1.807, 2.05) is 52.2 Å². The molecule has 1 aromatic heterocycles. The lowest BCUT2D eigenvalue weighted by Crippen LogP contribution is -2.47. The molecular weight excluding hydrogens is 362 g/mol. The fourth-order valence-corrected chi connectivity index (χ4v) is 4.05. The first-order valence-electron chi connectivity index (χ1n) is 10.3. The minimum Gasteiger partial charge on any atom is -0.366 e. The summed E-state index contributed by atoms with van der Waals surface area (Å²) in [6.45, 7) is 1.90. The molecule has 0 N–H and O–H groups in total. The summed E-state index contributed by atoms with van der Waals surface area (Å²) in [4.78, 5) is 15.2. The number of ether oxygens (including phenoxy) is 1. The number of amides is 1. The highest BCUT2D eigenvalue weighted by Crippen LogP contribution is 2.39. The Morgan fingerprint density at radius 3 is 2.45 bits per heavy atom. The van der Waals surface area contributed by atoms with Crippen LogP contribution in [-0.4, -0.2) is 39.8 Å². The van der Waals surface area contributed by atoms with E-state index in [9.17, 15) is 4.79 Å². The van der Waals surface area contributed by atoms with Crippen LogP contribution in [0.3, 0.4) is 0 Å². The van der Waals surface area contributed by atoms with Crippen LogP contribution < -0.4 is 0 Å². The van der Waals surface area contributed by atoms with E-state index in [2.05, 4.69) is 29.4 Å². The van der Waals surface area contributed by atoms with Crippen LogP contribution in [0.4, 0.5) is 0 Å². The van der Waals surface area contributed by atoms with Crippen LogP contribution in [0.25, 0.3) is 0 Å². The highest BCUT2D eigenvalue weighted by atomic mass is 16.5. The van der Waals surface area contributed by atoms with Gasteiger partial charge in [-0.3, -0.25) is 9.48 Å². The van der Waals surface area contributed by atoms with Crippen LogP contribution in [0.2, 0.25) is 0 Å². The molecule has 2 aromatic carbocycles. The summed E-state index contributed by atoms with van der Waals surface area (Å²) in [7, 11) is 0. The summed E-state index contributed by atoms with van der Waals surface area (Å²) in [6, 6.07) is 20.4. The number of nitrogens with zero attached hydrogens (tertiary/aromatic N) is 3. The van der Waals surface area contributed by atoms with Gasteiger partial charge in [0.2, 0.25) is 0 Å². The summed E-state index contributed by atoms with van der Waals surface area (Å²) in [5.41, 5.74) is 2.94. The van der Waals surface area contributed by atoms with Crippen LogP contribution in [0.5, 0.6) is 0 Å². The summed E-state index contributed by atoms with van der Waals surface area (Å²) in [6.07, 6.45) is 5.99. The van der Waals surface area contributed by atoms with Gasteiger partial charge in [-0.25, -0.2) is 0 Å². The molecule has 2 aliphatic rings. The van der Waals surface area contributed by atoms with Gasteiger partial charge in [-0.2, -0.15) is 5.10 Å².